The Hall–Kier alpha value is -0.930. The number of nitrogens with one attached hydrogen (secondary N) is 1. The SMILES string of the molecule is CC(C)(N)CCNCCc1ccccn1. The lowest BCUT2D eigenvalue weighted by Crippen LogP contribution is -2.36. The van der Waals surface area contributed by atoms with Crippen LogP contribution in [-0.2, 0) is 6.42 Å². The Labute approximate surface area is 92.1 Å². The van der Waals surface area contributed by atoms with Crippen LogP contribution in [0.5, 0.6) is 0 Å². The van der Waals surface area contributed by atoms with Gasteiger partial charge >= 0.3 is 0 Å². The summed E-state index contributed by atoms with van der Waals surface area (Å²) in [6.07, 6.45) is 3.80. The van der Waals surface area contributed by atoms with E-state index >= 15 is 0 Å². The molecule has 1 aromatic heterocycles. The summed E-state index contributed by atoms with van der Waals surface area (Å²) < 4.78 is 0. The lowest BCUT2D eigenvalue weighted by Gasteiger charge is -2.18. The summed E-state index contributed by atoms with van der Waals surface area (Å²) >= 11 is 0. The van der Waals surface area contributed by atoms with E-state index in [9.17, 15) is 0 Å². The molecule has 0 aliphatic carbocycles. The van der Waals surface area contributed by atoms with Gasteiger partial charge in [-0.05, 0) is 38.9 Å². The molecular formula is C12H21N3. The second-order valence-electron chi connectivity index (χ2n) is 4.56. The molecule has 0 saturated heterocycles. The van der Waals surface area contributed by atoms with E-state index in [2.05, 4.69) is 16.4 Å². The highest BCUT2D eigenvalue weighted by Gasteiger charge is 2.08. The lowest BCUT2D eigenvalue weighted by molar-refractivity contribution is 0.456. The topological polar surface area (TPSA) is 50.9 Å². The van der Waals surface area contributed by atoms with Crippen molar-refractivity contribution in [3.63, 3.8) is 0 Å². The molecule has 15 heavy (non-hydrogen) atoms. The van der Waals surface area contributed by atoms with Crippen LogP contribution in [0.1, 0.15) is 26.0 Å². The van der Waals surface area contributed by atoms with Crippen molar-refractivity contribution < 1.29 is 0 Å². The molecule has 0 aliphatic rings. The Kier molecular flexibility index (Phi) is 4.72. The number of pyridine rings is 1. The Morgan fingerprint density at radius 2 is 2.13 bits per heavy atom. The van der Waals surface area contributed by atoms with Gasteiger partial charge in [0.2, 0.25) is 0 Å². The van der Waals surface area contributed by atoms with Gasteiger partial charge in [0.15, 0.2) is 0 Å². The van der Waals surface area contributed by atoms with Gasteiger partial charge in [0.05, 0.1) is 0 Å². The third kappa shape index (κ3) is 6.20. The Morgan fingerprint density at radius 3 is 2.73 bits per heavy atom. The van der Waals surface area contributed by atoms with Gasteiger partial charge in [-0.25, -0.2) is 0 Å². The molecule has 1 rings (SSSR count). The first kappa shape index (κ1) is 12.1. The molecule has 3 heteroatoms. The number of nitrogens with zero attached hydrogens (tertiary/aromatic N) is 1. The molecule has 0 bridgehead atoms. The summed E-state index contributed by atoms with van der Waals surface area (Å²) in [5, 5.41) is 3.37. The van der Waals surface area contributed by atoms with Crippen molar-refractivity contribution in [3.8, 4) is 0 Å². The maximum atomic E-state index is 5.88. The molecule has 1 heterocycles. The van der Waals surface area contributed by atoms with Crippen molar-refractivity contribution in [1.29, 1.82) is 0 Å². The minimum atomic E-state index is -0.0714. The molecule has 0 aliphatic heterocycles. The van der Waals surface area contributed by atoms with Crippen LogP contribution in [0.25, 0.3) is 0 Å². The highest BCUT2D eigenvalue weighted by molar-refractivity contribution is 5.03. The highest BCUT2D eigenvalue weighted by Crippen LogP contribution is 2.01. The lowest BCUT2D eigenvalue weighted by atomic mass is 10.0. The van der Waals surface area contributed by atoms with E-state index in [1.54, 1.807) is 0 Å². The van der Waals surface area contributed by atoms with Crippen LogP contribution in [0, 0.1) is 0 Å². The first-order chi connectivity index (χ1) is 7.08. The van der Waals surface area contributed by atoms with Crippen LogP contribution in [-0.4, -0.2) is 23.6 Å². The molecule has 1 aromatic rings. The predicted octanol–water partition coefficient (Wildman–Crippen LogP) is 1.34. The Bertz CT molecular complexity index is 264. The molecule has 0 atom stereocenters. The van der Waals surface area contributed by atoms with Crippen LogP contribution in [0.2, 0.25) is 0 Å². The number of hydrogen-bond acceptors (Lipinski definition) is 3. The minimum Gasteiger partial charge on any atom is -0.326 e. The molecule has 3 nitrogen and oxygen atoms in total. The predicted molar refractivity (Wildman–Crippen MR) is 63.7 cm³/mol. The number of hydrogen-bond donors (Lipinski definition) is 2. The Balaban J connectivity index is 2.08. The third-order valence-corrected chi connectivity index (χ3v) is 2.23. The average molecular weight is 207 g/mol. The zero-order chi connectivity index (χ0) is 11.1. The van der Waals surface area contributed by atoms with Crippen LogP contribution < -0.4 is 11.1 Å². The van der Waals surface area contributed by atoms with Crippen molar-refractivity contribution in [2.75, 3.05) is 13.1 Å². The van der Waals surface area contributed by atoms with Gasteiger partial charge in [-0.1, -0.05) is 6.07 Å². The number of aromatic nitrogens is 1. The van der Waals surface area contributed by atoms with Crippen LogP contribution in [0.3, 0.4) is 0 Å². The number of nitrogens with two attached hydrogens (primary N) is 1. The van der Waals surface area contributed by atoms with Crippen molar-refractivity contribution in [2.45, 2.75) is 32.2 Å². The maximum Gasteiger partial charge on any atom is 0.0416 e. The summed E-state index contributed by atoms with van der Waals surface area (Å²) in [6, 6.07) is 6.01. The standard InChI is InChI=1S/C12H21N3/c1-12(2,13)7-10-14-9-6-11-5-3-4-8-15-11/h3-5,8,14H,6-7,9-10,13H2,1-2H3. The summed E-state index contributed by atoms with van der Waals surface area (Å²) in [5.41, 5.74) is 6.94. The van der Waals surface area contributed by atoms with Gasteiger partial charge in [-0.3, -0.25) is 4.98 Å². The zero-order valence-electron chi connectivity index (χ0n) is 9.66. The fraction of sp³-hybridized carbons (Fsp3) is 0.583. The molecule has 3 N–H and O–H groups in total. The molecule has 0 saturated carbocycles. The van der Waals surface area contributed by atoms with Gasteiger partial charge in [0, 0.05) is 30.4 Å². The van der Waals surface area contributed by atoms with E-state index in [0.717, 1.165) is 31.6 Å². The van der Waals surface area contributed by atoms with Gasteiger partial charge in [-0.15, -0.1) is 0 Å². The van der Waals surface area contributed by atoms with E-state index in [1.165, 1.54) is 0 Å². The molecule has 0 unspecified atom stereocenters. The smallest absolute Gasteiger partial charge is 0.0416 e. The quantitative estimate of drug-likeness (QED) is 0.692. The van der Waals surface area contributed by atoms with E-state index in [0.29, 0.717) is 0 Å². The summed E-state index contributed by atoms with van der Waals surface area (Å²) in [4.78, 5) is 4.26. The van der Waals surface area contributed by atoms with E-state index < -0.39 is 0 Å². The van der Waals surface area contributed by atoms with Gasteiger partial charge in [0.1, 0.15) is 0 Å². The monoisotopic (exact) mass is 207 g/mol. The molecule has 0 amide bonds. The largest absolute Gasteiger partial charge is 0.326 e. The average Bonchev–Trinajstić information content (AvgIpc) is 2.17. The van der Waals surface area contributed by atoms with Gasteiger partial charge in [-0.2, -0.15) is 0 Å². The second-order valence-corrected chi connectivity index (χ2v) is 4.56. The first-order valence-corrected chi connectivity index (χ1v) is 5.47. The second kappa shape index (κ2) is 5.83. The van der Waals surface area contributed by atoms with Gasteiger partial charge < -0.3 is 11.1 Å². The molecule has 0 spiro atoms. The molecule has 0 aromatic carbocycles. The summed E-state index contributed by atoms with van der Waals surface area (Å²) in [7, 11) is 0. The summed E-state index contributed by atoms with van der Waals surface area (Å²) in [5.74, 6) is 0. The zero-order valence-corrected chi connectivity index (χ0v) is 9.66. The van der Waals surface area contributed by atoms with Crippen molar-refractivity contribution in [2.24, 2.45) is 5.73 Å². The highest BCUT2D eigenvalue weighted by atomic mass is 14.9. The van der Waals surface area contributed by atoms with Gasteiger partial charge in [0.25, 0.3) is 0 Å². The minimum absolute atomic E-state index is 0.0714. The van der Waals surface area contributed by atoms with Crippen molar-refractivity contribution in [3.05, 3.63) is 30.1 Å². The van der Waals surface area contributed by atoms with Crippen LogP contribution in [0.4, 0.5) is 0 Å². The molecular weight excluding hydrogens is 186 g/mol. The van der Waals surface area contributed by atoms with Crippen molar-refractivity contribution in [1.82, 2.24) is 10.3 Å². The molecule has 84 valence electrons. The molecule has 0 fully saturated rings. The molecule has 0 radical (unpaired) electrons. The van der Waals surface area contributed by atoms with Crippen molar-refractivity contribution >= 4 is 0 Å². The van der Waals surface area contributed by atoms with Crippen LogP contribution in [0.15, 0.2) is 24.4 Å². The fourth-order valence-corrected chi connectivity index (χ4v) is 1.30. The summed E-state index contributed by atoms with van der Waals surface area (Å²) in [6.45, 7) is 6.03. The Morgan fingerprint density at radius 1 is 1.33 bits per heavy atom. The van der Waals surface area contributed by atoms with E-state index in [4.69, 9.17) is 5.73 Å². The normalized spacial score (nSPS) is 11.7. The van der Waals surface area contributed by atoms with E-state index in [1.807, 2.05) is 32.2 Å². The first-order valence-electron chi connectivity index (χ1n) is 5.47. The van der Waals surface area contributed by atoms with E-state index in [-0.39, 0.29) is 5.54 Å². The maximum absolute atomic E-state index is 5.88. The van der Waals surface area contributed by atoms with Crippen LogP contribution >= 0.6 is 0 Å². The number of rotatable bonds is 6. The fourth-order valence-electron chi connectivity index (χ4n) is 1.30. The third-order valence-electron chi connectivity index (χ3n) is 2.23.